The molecule has 1 saturated heterocycles. The second-order valence-electron chi connectivity index (χ2n) is 7.93. The Morgan fingerprint density at radius 1 is 1.25 bits per heavy atom. The molecule has 1 aliphatic heterocycles. The molecule has 2 aromatic rings. The Kier molecular flexibility index (Phi) is 7.06. The highest BCUT2D eigenvalue weighted by atomic mass is 35.5. The van der Waals surface area contributed by atoms with Crippen LogP contribution in [-0.2, 0) is 16.2 Å². The summed E-state index contributed by atoms with van der Waals surface area (Å²) in [6.07, 6.45) is -3.66. The minimum absolute atomic E-state index is 0.00688. The Hall–Kier alpha value is -2.30. The van der Waals surface area contributed by atoms with Gasteiger partial charge in [0.1, 0.15) is 0 Å². The first-order valence-corrected chi connectivity index (χ1v) is 11.7. The third kappa shape index (κ3) is 5.73. The van der Waals surface area contributed by atoms with E-state index in [0.717, 1.165) is 37.7 Å². The van der Waals surface area contributed by atoms with Crippen molar-refractivity contribution in [2.75, 3.05) is 38.5 Å². The van der Waals surface area contributed by atoms with Gasteiger partial charge in [-0.1, -0.05) is 17.7 Å². The van der Waals surface area contributed by atoms with Crippen LogP contribution in [0.25, 0.3) is 0 Å². The van der Waals surface area contributed by atoms with Crippen LogP contribution in [0.15, 0.2) is 47.4 Å². The number of amides is 1. The lowest BCUT2D eigenvalue weighted by molar-refractivity contribution is -0.137. The van der Waals surface area contributed by atoms with Gasteiger partial charge in [0.2, 0.25) is 0 Å². The fourth-order valence-corrected chi connectivity index (χ4v) is 4.93. The van der Waals surface area contributed by atoms with Gasteiger partial charge in [-0.05, 0) is 62.3 Å². The third-order valence-corrected chi connectivity index (χ3v) is 7.00. The van der Waals surface area contributed by atoms with Crippen molar-refractivity contribution in [1.29, 1.82) is 0 Å². The topological polar surface area (TPSA) is 69.7 Å². The molecule has 1 unspecified atom stereocenters. The summed E-state index contributed by atoms with van der Waals surface area (Å²) >= 11 is 6.16. The average Bonchev–Trinajstić information content (AvgIpc) is 3.11. The molecular weight excluding hydrogens is 467 g/mol. The maximum absolute atomic E-state index is 12.9. The van der Waals surface area contributed by atoms with Crippen molar-refractivity contribution >= 4 is 33.2 Å². The Labute approximate surface area is 190 Å². The Morgan fingerprint density at radius 3 is 2.59 bits per heavy atom. The van der Waals surface area contributed by atoms with Crippen LogP contribution < -0.4 is 4.72 Å². The number of benzene rings is 2. The first-order valence-electron chi connectivity index (χ1n) is 9.80. The molecule has 32 heavy (non-hydrogen) atoms. The van der Waals surface area contributed by atoms with Gasteiger partial charge in [0.25, 0.3) is 15.9 Å². The van der Waals surface area contributed by atoms with Crippen LogP contribution in [-0.4, -0.2) is 57.9 Å². The Balaban J connectivity index is 1.81. The quantitative estimate of drug-likeness (QED) is 0.661. The number of hydrogen-bond donors (Lipinski definition) is 1. The van der Waals surface area contributed by atoms with Crippen molar-refractivity contribution in [2.45, 2.75) is 17.5 Å². The van der Waals surface area contributed by atoms with Gasteiger partial charge in [-0.2, -0.15) is 13.2 Å². The number of halogens is 4. The molecule has 0 spiro atoms. The standard InChI is InChI=1S/C21H23ClF3N3O3S/c1-27-9-8-14(12-27)13-28(2)20(29)18-11-17(6-7-19(18)22)32(30,31)26-16-5-3-4-15(10-16)21(23,24)25/h3-7,10-11,14,26H,8-9,12-13H2,1-2H3. The lowest BCUT2D eigenvalue weighted by atomic mass is 10.1. The first kappa shape index (κ1) is 24.3. The second-order valence-corrected chi connectivity index (χ2v) is 10.0. The molecule has 11 heteroatoms. The molecule has 6 nitrogen and oxygen atoms in total. The summed E-state index contributed by atoms with van der Waals surface area (Å²) in [5.41, 5.74) is -1.22. The molecule has 0 aliphatic carbocycles. The number of hydrogen-bond acceptors (Lipinski definition) is 4. The van der Waals surface area contributed by atoms with Gasteiger partial charge in [-0.3, -0.25) is 9.52 Å². The lowest BCUT2D eigenvalue weighted by Gasteiger charge is -2.22. The molecule has 0 aromatic heterocycles. The number of carbonyl (C=O) groups excluding carboxylic acids is 1. The number of carbonyl (C=O) groups is 1. The first-order chi connectivity index (χ1) is 14.9. The van der Waals surface area contributed by atoms with Gasteiger partial charge in [0.05, 0.1) is 21.0 Å². The Morgan fingerprint density at radius 2 is 1.97 bits per heavy atom. The summed E-state index contributed by atoms with van der Waals surface area (Å²) in [7, 11) is -0.629. The number of nitrogens with zero attached hydrogens (tertiary/aromatic N) is 2. The molecule has 174 valence electrons. The van der Waals surface area contributed by atoms with Crippen molar-refractivity contribution < 1.29 is 26.4 Å². The van der Waals surface area contributed by atoms with Crippen molar-refractivity contribution in [3.05, 3.63) is 58.6 Å². The van der Waals surface area contributed by atoms with Gasteiger partial charge in [0, 0.05) is 25.8 Å². The summed E-state index contributed by atoms with van der Waals surface area (Å²) in [5, 5.41) is 0.0865. The van der Waals surface area contributed by atoms with Crippen molar-refractivity contribution in [1.82, 2.24) is 9.80 Å². The summed E-state index contributed by atoms with van der Waals surface area (Å²) in [6, 6.07) is 7.47. The van der Waals surface area contributed by atoms with E-state index in [1.807, 2.05) is 7.05 Å². The van der Waals surface area contributed by atoms with E-state index >= 15 is 0 Å². The molecule has 0 bridgehead atoms. The summed E-state index contributed by atoms with van der Waals surface area (Å²) in [4.78, 5) is 16.3. The minimum Gasteiger partial charge on any atom is -0.341 e. The summed E-state index contributed by atoms with van der Waals surface area (Å²) in [6.45, 7) is 2.31. The van der Waals surface area contributed by atoms with Crippen molar-refractivity contribution in [3.8, 4) is 0 Å². The molecule has 1 atom stereocenters. The third-order valence-electron chi connectivity index (χ3n) is 5.29. The molecule has 2 aromatic carbocycles. The van der Waals surface area contributed by atoms with E-state index in [4.69, 9.17) is 11.6 Å². The zero-order valence-corrected chi connectivity index (χ0v) is 19.1. The fraction of sp³-hybridized carbons (Fsp3) is 0.381. The highest BCUT2D eigenvalue weighted by Gasteiger charge is 2.31. The number of anilines is 1. The molecule has 1 fully saturated rings. The summed E-state index contributed by atoms with van der Waals surface area (Å²) < 4.78 is 66.4. The molecule has 0 radical (unpaired) electrons. The Bertz CT molecular complexity index is 1110. The largest absolute Gasteiger partial charge is 0.416 e. The van der Waals surface area contributed by atoms with E-state index in [-0.39, 0.29) is 21.2 Å². The zero-order chi connectivity index (χ0) is 23.7. The van der Waals surface area contributed by atoms with Crippen molar-refractivity contribution in [2.24, 2.45) is 5.92 Å². The zero-order valence-electron chi connectivity index (χ0n) is 17.5. The molecule has 1 aliphatic rings. The van der Waals surface area contributed by atoms with Gasteiger partial charge >= 0.3 is 6.18 Å². The van der Waals surface area contributed by atoms with Crippen LogP contribution in [0.5, 0.6) is 0 Å². The van der Waals surface area contributed by atoms with E-state index in [1.54, 1.807) is 7.05 Å². The van der Waals surface area contributed by atoms with E-state index in [0.29, 0.717) is 18.5 Å². The van der Waals surface area contributed by atoms with Gasteiger partial charge in [-0.25, -0.2) is 8.42 Å². The van der Waals surface area contributed by atoms with Crippen LogP contribution >= 0.6 is 11.6 Å². The second kappa shape index (κ2) is 9.29. The monoisotopic (exact) mass is 489 g/mol. The van der Waals surface area contributed by atoms with Crippen LogP contribution in [0.1, 0.15) is 22.3 Å². The molecular formula is C21H23ClF3N3O3S. The maximum atomic E-state index is 12.9. The smallest absolute Gasteiger partial charge is 0.341 e. The highest BCUT2D eigenvalue weighted by Crippen LogP contribution is 2.31. The van der Waals surface area contributed by atoms with Crippen LogP contribution in [0, 0.1) is 5.92 Å². The number of sulfonamides is 1. The number of alkyl halides is 3. The lowest BCUT2D eigenvalue weighted by Crippen LogP contribution is -2.33. The molecule has 1 N–H and O–H groups in total. The number of nitrogens with one attached hydrogen (secondary N) is 1. The van der Waals surface area contributed by atoms with Gasteiger partial charge in [0.15, 0.2) is 0 Å². The van der Waals surface area contributed by atoms with Crippen LogP contribution in [0.3, 0.4) is 0 Å². The van der Waals surface area contributed by atoms with E-state index in [2.05, 4.69) is 9.62 Å². The SMILES string of the molecule is CN1CCC(CN(C)C(=O)c2cc(S(=O)(=O)Nc3cccc(C(F)(F)F)c3)ccc2Cl)C1. The normalized spacial score (nSPS) is 17.4. The number of rotatable bonds is 6. The van der Waals surface area contributed by atoms with Gasteiger partial charge < -0.3 is 9.80 Å². The summed E-state index contributed by atoms with van der Waals surface area (Å²) in [5.74, 6) is -0.122. The van der Waals surface area contributed by atoms with Crippen molar-refractivity contribution in [3.63, 3.8) is 0 Å². The predicted molar refractivity (Wildman–Crippen MR) is 116 cm³/mol. The minimum atomic E-state index is -4.61. The number of likely N-dealkylation sites (tertiary alicyclic amines) is 1. The molecule has 0 saturated carbocycles. The molecule has 1 heterocycles. The molecule has 3 rings (SSSR count). The van der Waals surface area contributed by atoms with E-state index in [1.165, 1.54) is 23.1 Å². The van der Waals surface area contributed by atoms with E-state index < -0.39 is 27.7 Å². The fourth-order valence-electron chi connectivity index (χ4n) is 3.66. The van der Waals surface area contributed by atoms with Gasteiger partial charge in [-0.15, -0.1) is 0 Å². The average molecular weight is 490 g/mol. The predicted octanol–water partition coefficient (Wildman–Crippen LogP) is 4.18. The molecule has 1 amide bonds. The maximum Gasteiger partial charge on any atom is 0.416 e. The van der Waals surface area contributed by atoms with E-state index in [9.17, 15) is 26.4 Å². The highest BCUT2D eigenvalue weighted by molar-refractivity contribution is 7.92. The van der Waals surface area contributed by atoms with Crippen LogP contribution in [0.4, 0.5) is 18.9 Å². The van der Waals surface area contributed by atoms with Crippen LogP contribution in [0.2, 0.25) is 5.02 Å².